The predicted molar refractivity (Wildman–Crippen MR) is 89.7 cm³/mol. The zero-order chi connectivity index (χ0) is 16.7. The Morgan fingerprint density at radius 2 is 1.87 bits per heavy atom. The maximum Gasteiger partial charge on any atom is 0.313 e. The van der Waals surface area contributed by atoms with Crippen molar-refractivity contribution in [1.29, 1.82) is 0 Å². The first-order chi connectivity index (χ1) is 11.1. The molecule has 1 heterocycles. The van der Waals surface area contributed by atoms with Crippen LogP contribution in [0.2, 0.25) is 0 Å². The summed E-state index contributed by atoms with van der Waals surface area (Å²) in [5, 5.41) is 5.31. The molecule has 126 valence electrons. The predicted octanol–water partition coefficient (Wildman–Crippen LogP) is 0.140. The summed E-state index contributed by atoms with van der Waals surface area (Å²) in [5.74, 6) is -1.27. The number of carbonyl (C=O) groups excluding carboxylic acids is 2. The van der Waals surface area contributed by atoms with Crippen LogP contribution in [0, 0.1) is 0 Å². The topological polar surface area (TPSA) is 73.9 Å². The molecule has 0 radical (unpaired) electrons. The number of rotatable bonds is 5. The second kappa shape index (κ2) is 8.50. The number of hydrogen-bond acceptors (Lipinski definition) is 5. The van der Waals surface area contributed by atoms with Gasteiger partial charge in [0, 0.05) is 26.2 Å². The smallest absolute Gasteiger partial charge is 0.313 e. The molecule has 2 rings (SSSR count). The first kappa shape index (κ1) is 17.2. The molecule has 1 aliphatic rings. The van der Waals surface area contributed by atoms with Crippen molar-refractivity contribution in [2.45, 2.75) is 0 Å². The van der Waals surface area contributed by atoms with Crippen molar-refractivity contribution in [3.8, 4) is 0 Å². The van der Waals surface area contributed by atoms with E-state index in [-0.39, 0.29) is 0 Å². The van der Waals surface area contributed by atoms with Gasteiger partial charge in [0.05, 0.1) is 24.6 Å². The van der Waals surface area contributed by atoms with Gasteiger partial charge in [0.25, 0.3) is 0 Å². The van der Waals surface area contributed by atoms with E-state index in [1.165, 1.54) is 0 Å². The fourth-order valence-corrected chi connectivity index (χ4v) is 2.31. The maximum absolute atomic E-state index is 12.0. The number of anilines is 2. The van der Waals surface area contributed by atoms with Gasteiger partial charge >= 0.3 is 11.8 Å². The summed E-state index contributed by atoms with van der Waals surface area (Å²) in [4.78, 5) is 28.0. The lowest BCUT2D eigenvalue weighted by atomic mass is 10.2. The third-order valence-electron chi connectivity index (χ3n) is 3.55. The Morgan fingerprint density at radius 1 is 1.17 bits per heavy atom. The Morgan fingerprint density at radius 3 is 2.57 bits per heavy atom. The number of para-hydroxylation sites is 2. The van der Waals surface area contributed by atoms with Crippen LogP contribution in [0.15, 0.2) is 24.3 Å². The van der Waals surface area contributed by atoms with Crippen LogP contribution in [-0.2, 0) is 14.3 Å². The van der Waals surface area contributed by atoms with Gasteiger partial charge < -0.3 is 25.2 Å². The van der Waals surface area contributed by atoms with E-state index < -0.39 is 11.8 Å². The van der Waals surface area contributed by atoms with Gasteiger partial charge in [-0.05, 0) is 26.2 Å². The van der Waals surface area contributed by atoms with E-state index in [1.807, 2.05) is 37.2 Å². The number of nitrogens with zero attached hydrogens (tertiary/aromatic N) is 2. The largest absolute Gasteiger partial charge is 0.378 e. The summed E-state index contributed by atoms with van der Waals surface area (Å²) < 4.78 is 5.35. The summed E-state index contributed by atoms with van der Waals surface area (Å²) in [6.45, 7) is 3.97. The molecule has 1 fully saturated rings. The van der Waals surface area contributed by atoms with Crippen LogP contribution in [0.5, 0.6) is 0 Å². The molecular weight excluding hydrogens is 296 g/mol. The highest BCUT2D eigenvalue weighted by Gasteiger charge is 2.18. The zero-order valence-electron chi connectivity index (χ0n) is 13.7. The summed E-state index contributed by atoms with van der Waals surface area (Å²) in [5.41, 5.74) is 1.55. The molecule has 2 amide bonds. The molecule has 7 nitrogen and oxygen atoms in total. The number of benzene rings is 1. The average Bonchev–Trinajstić information content (AvgIpc) is 2.55. The van der Waals surface area contributed by atoms with Crippen LogP contribution in [-0.4, -0.2) is 70.2 Å². The SMILES string of the molecule is CN(C)CCNC(=O)C(=O)Nc1ccccc1N1CCOCC1. The molecule has 23 heavy (non-hydrogen) atoms. The molecule has 0 atom stereocenters. The van der Waals surface area contributed by atoms with Crippen molar-refractivity contribution >= 4 is 23.2 Å². The molecule has 0 bridgehead atoms. The summed E-state index contributed by atoms with van der Waals surface area (Å²) in [6.07, 6.45) is 0. The van der Waals surface area contributed by atoms with Crippen molar-refractivity contribution in [2.75, 3.05) is 63.7 Å². The highest BCUT2D eigenvalue weighted by atomic mass is 16.5. The minimum Gasteiger partial charge on any atom is -0.378 e. The number of ether oxygens (including phenoxy) is 1. The molecule has 1 aromatic carbocycles. The van der Waals surface area contributed by atoms with Gasteiger partial charge in [0.2, 0.25) is 0 Å². The Kier molecular flexibility index (Phi) is 6.37. The van der Waals surface area contributed by atoms with Gasteiger partial charge in [-0.25, -0.2) is 0 Å². The summed E-state index contributed by atoms with van der Waals surface area (Å²) in [6, 6.07) is 7.49. The van der Waals surface area contributed by atoms with Gasteiger partial charge in [0.15, 0.2) is 0 Å². The van der Waals surface area contributed by atoms with Gasteiger partial charge in [-0.2, -0.15) is 0 Å². The minimum absolute atomic E-state index is 0.435. The van der Waals surface area contributed by atoms with Crippen LogP contribution in [0.3, 0.4) is 0 Å². The van der Waals surface area contributed by atoms with E-state index in [4.69, 9.17) is 4.74 Å². The molecule has 1 saturated heterocycles. The first-order valence-electron chi connectivity index (χ1n) is 7.73. The number of hydrogen-bond donors (Lipinski definition) is 2. The maximum atomic E-state index is 12.0. The highest BCUT2D eigenvalue weighted by molar-refractivity contribution is 6.39. The molecule has 0 unspecified atom stereocenters. The molecule has 0 aliphatic carbocycles. The lowest BCUT2D eigenvalue weighted by Crippen LogP contribution is -2.40. The number of morpholine rings is 1. The Bertz CT molecular complexity index is 542. The third-order valence-corrected chi connectivity index (χ3v) is 3.55. The Labute approximate surface area is 136 Å². The van der Waals surface area contributed by atoms with Crippen LogP contribution in [0.1, 0.15) is 0 Å². The van der Waals surface area contributed by atoms with Crippen LogP contribution < -0.4 is 15.5 Å². The van der Waals surface area contributed by atoms with Gasteiger partial charge in [0.1, 0.15) is 0 Å². The summed E-state index contributed by atoms with van der Waals surface area (Å²) in [7, 11) is 3.82. The fourth-order valence-electron chi connectivity index (χ4n) is 2.31. The minimum atomic E-state index is -0.649. The van der Waals surface area contributed by atoms with Crippen molar-refractivity contribution in [3.63, 3.8) is 0 Å². The normalized spacial score (nSPS) is 14.7. The Balaban J connectivity index is 1.96. The molecular formula is C16H24N4O3. The van der Waals surface area contributed by atoms with E-state index in [2.05, 4.69) is 15.5 Å². The molecule has 0 spiro atoms. The standard InChI is InChI=1S/C16H24N4O3/c1-19(2)8-7-17-15(21)16(22)18-13-5-3-4-6-14(13)20-9-11-23-12-10-20/h3-6H,7-12H2,1-2H3,(H,17,21)(H,18,22). The van der Waals surface area contributed by atoms with E-state index in [9.17, 15) is 9.59 Å². The monoisotopic (exact) mass is 320 g/mol. The highest BCUT2D eigenvalue weighted by Crippen LogP contribution is 2.26. The number of nitrogens with one attached hydrogen (secondary N) is 2. The van der Waals surface area contributed by atoms with Crippen LogP contribution in [0.4, 0.5) is 11.4 Å². The lowest BCUT2D eigenvalue weighted by molar-refractivity contribution is -0.136. The van der Waals surface area contributed by atoms with Crippen LogP contribution >= 0.6 is 0 Å². The zero-order valence-corrected chi connectivity index (χ0v) is 13.7. The second-order valence-electron chi connectivity index (χ2n) is 5.63. The third kappa shape index (κ3) is 5.22. The van der Waals surface area contributed by atoms with Crippen molar-refractivity contribution < 1.29 is 14.3 Å². The molecule has 1 aromatic rings. The second-order valence-corrected chi connectivity index (χ2v) is 5.63. The first-order valence-corrected chi connectivity index (χ1v) is 7.73. The number of amides is 2. The molecule has 0 aromatic heterocycles. The van der Waals surface area contributed by atoms with Crippen molar-refractivity contribution in [3.05, 3.63) is 24.3 Å². The van der Waals surface area contributed by atoms with E-state index in [0.717, 1.165) is 18.8 Å². The molecule has 7 heteroatoms. The quantitative estimate of drug-likeness (QED) is 0.755. The van der Waals surface area contributed by atoms with E-state index in [0.29, 0.717) is 32.0 Å². The van der Waals surface area contributed by atoms with Crippen molar-refractivity contribution in [1.82, 2.24) is 10.2 Å². The molecule has 0 saturated carbocycles. The fraction of sp³-hybridized carbons (Fsp3) is 0.500. The Hall–Kier alpha value is -2.12. The number of carbonyl (C=O) groups is 2. The molecule has 2 N–H and O–H groups in total. The number of likely N-dealkylation sites (N-methyl/N-ethyl adjacent to an activating group) is 1. The van der Waals surface area contributed by atoms with Gasteiger partial charge in [-0.1, -0.05) is 12.1 Å². The average molecular weight is 320 g/mol. The van der Waals surface area contributed by atoms with E-state index in [1.54, 1.807) is 6.07 Å². The molecule has 1 aliphatic heterocycles. The van der Waals surface area contributed by atoms with Crippen LogP contribution in [0.25, 0.3) is 0 Å². The lowest BCUT2D eigenvalue weighted by Gasteiger charge is -2.30. The summed E-state index contributed by atoms with van der Waals surface area (Å²) >= 11 is 0. The van der Waals surface area contributed by atoms with E-state index >= 15 is 0 Å². The van der Waals surface area contributed by atoms with Gasteiger partial charge in [-0.3, -0.25) is 9.59 Å². The van der Waals surface area contributed by atoms with Gasteiger partial charge in [-0.15, -0.1) is 0 Å². The van der Waals surface area contributed by atoms with Crippen molar-refractivity contribution in [2.24, 2.45) is 0 Å².